The van der Waals surface area contributed by atoms with Crippen molar-refractivity contribution < 1.29 is 47.2 Å². The lowest BCUT2D eigenvalue weighted by molar-refractivity contribution is -0.870. The van der Waals surface area contributed by atoms with E-state index in [1.165, 1.54) is 51.4 Å². The van der Waals surface area contributed by atoms with Gasteiger partial charge in [0.25, 0.3) is 7.82 Å². The van der Waals surface area contributed by atoms with Crippen molar-refractivity contribution in [1.29, 1.82) is 0 Å². The van der Waals surface area contributed by atoms with Crippen LogP contribution in [0.25, 0.3) is 0 Å². The highest BCUT2D eigenvalue weighted by molar-refractivity contribution is 7.45. The third-order valence-corrected chi connectivity index (χ3v) is 9.58. The summed E-state index contributed by atoms with van der Waals surface area (Å²) in [4.78, 5) is 37.4. The fraction of sp³-hybridized carbons (Fsp3) is 0.767. The maximum absolute atomic E-state index is 12.6. The Hall–Kier alpha value is -2.07. The lowest BCUT2D eigenvalue weighted by atomic mass is 10.0. The van der Waals surface area contributed by atoms with Crippen molar-refractivity contribution >= 4 is 19.8 Å². The number of aliphatic hydroxyl groups excluding tert-OH is 1. The van der Waals surface area contributed by atoms with Crippen molar-refractivity contribution in [3.63, 3.8) is 0 Å². The minimum atomic E-state index is -4.64. The van der Waals surface area contributed by atoms with Gasteiger partial charge in [0, 0.05) is 12.8 Å². The fourth-order valence-corrected chi connectivity index (χ4v) is 6.04. The number of allylic oxidation sites excluding steroid dienone is 8. The highest BCUT2D eigenvalue weighted by Crippen LogP contribution is 2.38. The number of quaternary nitrogens is 1. The summed E-state index contributed by atoms with van der Waals surface area (Å²) in [6.45, 7) is 3.68. The van der Waals surface area contributed by atoms with Crippen molar-refractivity contribution in [3.8, 4) is 0 Å². The molecule has 0 spiro atoms. The zero-order valence-electron chi connectivity index (χ0n) is 34.8. The van der Waals surface area contributed by atoms with E-state index in [-0.39, 0.29) is 32.2 Å². The van der Waals surface area contributed by atoms with Crippen LogP contribution in [0.2, 0.25) is 0 Å². The van der Waals surface area contributed by atoms with Crippen molar-refractivity contribution in [2.24, 2.45) is 0 Å². The number of carbonyl (C=O) groups excluding carboxylic acids is 2. The molecule has 0 saturated heterocycles. The highest BCUT2D eigenvalue weighted by Gasteiger charge is 2.21. The summed E-state index contributed by atoms with van der Waals surface area (Å²) in [5.74, 6) is -0.919. The molecule has 0 aliphatic rings. The van der Waals surface area contributed by atoms with Gasteiger partial charge in [-0.3, -0.25) is 14.2 Å². The summed E-state index contributed by atoms with van der Waals surface area (Å²) in [5, 5.41) is 9.26. The number of ether oxygens (including phenoxy) is 2. The predicted octanol–water partition coefficient (Wildman–Crippen LogP) is 9.86. The molecule has 0 rings (SSSR count). The molecule has 0 aromatic heterocycles. The lowest BCUT2D eigenvalue weighted by Crippen LogP contribution is -2.37. The van der Waals surface area contributed by atoms with Gasteiger partial charge in [-0.25, -0.2) is 0 Å². The molecule has 0 aromatic rings. The van der Waals surface area contributed by atoms with Gasteiger partial charge in [-0.1, -0.05) is 126 Å². The third-order valence-electron chi connectivity index (χ3n) is 8.62. The molecule has 0 saturated carbocycles. The predicted molar refractivity (Wildman–Crippen MR) is 219 cm³/mol. The second kappa shape index (κ2) is 35.4. The number of hydrogen-bond donors (Lipinski definition) is 1. The first-order valence-electron chi connectivity index (χ1n) is 20.9. The Balaban J connectivity index is 4.47. The average Bonchev–Trinajstić information content (AvgIpc) is 3.10. The van der Waals surface area contributed by atoms with E-state index in [0.29, 0.717) is 23.9 Å². The first kappa shape index (κ1) is 51.9. The summed E-state index contributed by atoms with van der Waals surface area (Å²) >= 11 is 0. The van der Waals surface area contributed by atoms with Crippen LogP contribution >= 0.6 is 7.82 Å². The summed E-state index contributed by atoms with van der Waals surface area (Å²) in [6.07, 6.45) is 37.0. The maximum atomic E-state index is 12.6. The standard InChI is InChI=1S/C43H78NO9P/c1-6-7-8-9-10-11-12-19-23-26-29-32-35-43(47)53-41(39-52-54(48,49)51-37-36-44(3,4)5)38-50-42(46)34-31-28-25-22-20-17-15-13-14-16-18-21-24-27-30-33-40(2)45/h14-17,21-22,24-25,40-41,45H,6-13,18-20,23,26-39H2,1-5H3/b16-14-,17-15-,24-21-,25-22-/t40-,41-/m1/s1. The Morgan fingerprint density at radius 3 is 1.67 bits per heavy atom. The molecule has 1 unspecified atom stereocenters. The minimum Gasteiger partial charge on any atom is -0.756 e. The second-order valence-electron chi connectivity index (χ2n) is 15.3. The molecule has 1 N–H and O–H groups in total. The second-order valence-corrected chi connectivity index (χ2v) is 16.7. The molecule has 10 nitrogen and oxygen atoms in total. The van der Waals surface area contributed by atoms with Gasteiger partial charge >= 0.3 is 11.9 Å². The monoisotopic (exact) mass is 784 g/mol. The van der Waals surface area contributed by atoms with Gasteiger partial charge in [0.2, 0.25) is 0 Å². The van der Waals surface area contributed by atoms with E-state index in [2.05, 4.69) is 49.5 Å². The SMILES string of the molecule is CCCCCCCCCCCCCCC(=O)O[C@H](COC(=O)CCC/C=C\C/C=C\C/C=C\C/C=C\CCC[C@@H](C)O)COP(=O)([O-])OCC[N+](C)(C)C. The molecule has 0 bridgehead atoms. The Labute approximate surface area is 329 Å². The van der Waals surface area contributed by atoms with Crippen LogP contribution in [-0.2, 0) is 32.7 Å². The Bertz CT molecular complexity index is 1080. The van der Waals surface area contributed by atoms with E-state index >= 15 is 0 Å². The van der Waals surface area contributed by atoms with Crippen LogP contribution in [0.5, 0.6) is 0 Å². The van der Waals surface area contributed by atoms with Crippen LogP contribution < -0.4 is 4.89 Å². The number of likely N-dealkylation sites (N-methyl/N-ethyl adjacent to an activating group) is 1. The van der Waals surface area contributed by atoms with Crippen LogP contribution in [0.4, 0.5) is 0 Å². The smallest absolute Gasteiger partial charge is 0.306 e. The van der Waals surface area contributed by atoms with Gasteiger partial charge < -0.3 is 33.0 Å². The van der Waals surface area contributed by atoms with E-state index in [4.69, 9.17) is 18.5 Å². The van der Waals surface area contributed by atoms with Gasteiger partial charge in [-0.05, 0) is 64.7 Å². The van der Waals surface area contributed by atoms with E-state index in [9.17, 15) is 24.2 Å². The van der Waals surface area contributed by atoms with Crippen LogP contribution in [0.3, 0.4) is 0 Å². The first-order chi connectivity index (χ1) is 25.8. The highest BCUT2D eigenvalue weighted by atomic mass is 31.2. The molecular weight excluding hydrogens is 705 g/mol. The Kier molecular flexibility index (Phi) is 34.0. The topological polar surface area (TPSA) is 131 Å². The number of nitrogens with zero attached hydrogens (tertiary/aromatic N) is 1. The van der Waals surface area contributed by atoms with Crippen molar-refractivity contribution in [2.75, 3.05) is 47.5 Å². The Morgan fingerprint density at radius 2 is 1.15 bits per heavy atom. The molecule has 0 radical (unpaired) electrons. The molecule has 0 aliphatic heterocycles. The zero-order chi connectivity index (χ0) is 40.2. The number of unbranched alkanes of at least 4 members (excludes halogenated alkanes) is 13. The van der Waals surface area contributed by atoms with Crippen LogP contribution in [0.15, 0.2) is 48.6 Å². The molecule has 0 fully saturated rings. The average molecular weight is 784 g/mol. The number of carbonyl (C=O) groups is 2. The number of esters is 2. The molecule has 3 atom stereocenters. The van der Waals surface area contributed by atoms with E-state index in [0.717, 1.165) is 64.2 Å². The zero-order valence-corrected chi connectivity index (χ0v) is 35.7. The number of hydrogen-bond acceptors (Lipinski definition) is 9. The van der Waals surface area contributed by atoms with Crippen LogP contribution in [0.1, 0.15) is 155 Å². The summed E-state index contributed by atoms with van der Waals surface area (Å²) in [5.41, 5.74) is 0. The minimum absolute atomic E-state index is 0.0451. The van der Waals surface area contributed by atoms with E-state index < -0.39 is 32.5 Å². The first-order valence-corrected chi connectivity index (χ1v) is 22.3. The molecule has 0 aliphatic carbocycles. The van der Waals surface area contributed by atoms with Gasteiger partial charge in [0.15, 0.2) is 6.10 Å². The van der Waals surface area contributed by atoms with Crippen molar-refractivity contribution in [1.82, 2.24) is 0 Å². The van der Waals surface area contributed by atoms with Gasteiger partial charge in [-0.2, -0.15) is 0 Å². The normalized spacial score (nSPS) is 14.7. The van der Waals surface area contributed by atoms with Gasteiger partial charge in [0.05, 0.1) is 33.9 Å². The quantitative estimate of drug-likeness (QED) is 0.0215. The van der Waals surface area contributed by atoms with Gasteiger partial charge in [0.1, 0.15) is 19.8 Å². The van der Waals surface area contributed by atoms with E-state index in [1.807, 2.05) is 34.1 Å². The molecule has 0 aromatic carbocycles. The molecule has 11 heteroatoms. The number of aliphatic hydroxyl groups is 1. The molecule has 314 valence electrons. The van der Waals surface area contributed by atoms with Gasteiger partial charge in [-0.15, -0.1) is 0 Å². The summed E-state index contributed by atoms with van der Waals surface area (Å²) in [6, 6.07) is 0. The fourth-order valence-electron chi connectivity index (χ4n) is 5.31. The van der Waals surface area contributed by atoms with E-state index in [1.54, 1.807) is 0 Å². The molecule has 0 amide bonds. The van der Waals surface area contributed by atoms with Crippen molar-refractivity contribution in [3.05, 3.63) is 48.6 Å². The van der Waals surface area contributed by atoms with Crippen LogP contribution in [0, 0.1) is 0 Å². The number of rotatable bonds is 37. The maximum Gasteiger partial charge on any atom is 0.306 e. The molecule has 54 heavy (non-hydrogen) atoms. The van der Waals surface area contributed by atoms with Crippen molar-refractivity contribution in [2.45, 2.75) is 167 Å². The lowest BCUT2D eigenvalue weighted by Gasteiger charge is -2.28. The molecular formula is C43H78NO9P. The Morgan fingerprint density at radius 1 is 0.667 bits per heavy atom. The van der Waals surface area contributed by atoms with Crippen LogP contribution in [-0.4, -0.2) is 81.2 Å². The number of phosphoric ester groups is 1. The summed E-state index contributed by atoms with van der Waals surface area (Å²) < 4.78 is 33.7. The number of phosphoric acid groups is 1. The largest absolute Gasteiger partial charge is 0.756 e. The molecule has 0 heterocycles. The summed E-state index contributed by atoms with van der Waals surface area (Å²) in [7, 11) is 1.11. The third kappa shape index (κ3) is 39.6.